The molecule has 18 heavy (non-hydrogen) atoms. The lowest BCUT2D eigenvalue weighted by atomic mass is 9.84. The SMILES string of the molecule is CCC1(CC)CN=C(NCC2CCCC2C)SC1. The summed E-state index contributed by atoms with van der Waals surface area (Å²) in [5, 5.41) is 4.79. The summed E-state index contributed by atoms with van der Waals surface area (Å²) >= 11 is 1.94. The van der Waals surface area contributed by atoms with Gasteiger partial charge in [0.25, 0.3) is 0 Å². The third kappa shape index (κ3) is 3.23. The fourth-order valence-corrected chi connectivity index (χ4v) is 4.36. The first-order chi connectivity index (χ1) is 8.69. The Hall–Kier alpha value is -0.180. The summed E-state index contributed by atoms with van der Waals surface area (Å²) in [4.78, 5) is 4.78. The molecule has 1 aliphatic heterocycles. The molecule has 0 aromatic rings. The second-order valence-corrected chi connectivity index (χ2v) is 7.13. The Balaban J connectivity index is 1.79. The largest absolute Gasteiger partial charge is 0.365 e. The maximum Gasteiger partial charge on any atom is 0.156 e. The number of rotatable bonds is 4. The molecule has 2 atom stereocenters. The number of hydrogen-bond acceptors (Lipinski definition) is 3. The average molecular weight is 268 g/mol. The minimum absolute atomic E-state index is 0.469. The standard InChI is InChI=1S/C15H28N2S/c1-4-15(5-2)10-17-14(18-11-15)16-9-13-8-6-7-12(13)3/h12-13H,4-11H2,1-3H3,(H,16,17). The van der Waals surface area contributed by atoms with Gasteiger partial charge in [-0.05, 0) is 36.5 Å². The molecule has 1 fully saturated rings. The summed E-state index contributed by atoms with van der Waals surface area (Å²) in [6, 6.07) is 0. The van der Waals surface area contributed by atoms with Gasteiger partial charge in [-0.2, -0.15) is 0 Å². The van der Waals surface area contributed by atoms with Crippen molar-refractivity contribution in [2.45, 2.75) is 52.9 Å². The summed E-state index contributed by atoms with van der Waals surface area (Å²) in [7, 11) is 0. The first-order valence-electron chi connectivity index (χ1n) is 7.60. The lowest BCUT2D eigenvalue weighted by molar-refractivity contribution is 0.317. The molecule has 0 aromatic carbocycles. The number of thioether (sulfide) groups is 1. The van der Waals surface area contributed by atoms with Gasteiger partial charge in [-0.1, -0.05) is 45.4 Å². The van der Waals surface area contributed by atoms with E-state index in [0.29, 0.717) is 5.41 Å². The fraction of sp³-hybridized carbons (Fsp3) is 0.933. The van der Waals surface area contributed by atoms with Crippen LogP contribution in [0.3, 0.4) is 0 Å². The van der Waals surface area contributed by atoms with Gasteiger partial charge in [0.05, 0.1) is 0 Å². The number of amidine groups is 1. The number of nitrogens with one attached hydrogen (secondary N) is 1. The van der Waals surface area contributed by atoms with Gasteiger partial charge < -0.3 is 5.32 Å². The predicted octanol–water partition coefficient (Wildman–Crippen LogP) is 3.92. The molecule has 2 unspecified atom stereocenters. The molecule has 0 spiro atoms. The van der Waals surface area contributed by atoms with Crippen molar-refractivity contribution in [3.8, 4) is 0 Å². The summed E-state index contributed by atoms with van der Waals surface area (Å²) in [6.45, 7) is 9.17. The highest BCUT2D eigenvalue weighted by atomic mass is 32.2. The van der Waals surface area contributed by atoms with Crippen LogP contribution < -0.4 is 5.32 Å². The van der Waals surface area contributed by atoms with E-state index in [1.54, 1.807) is 0 Å². The Bertz CT molecular complexity index is 297. The van der Waals surface area contributed by atoms with E-state index >= 15 is 0 Å². The minimum atomic E-state index is 0.469. The quantitative estimate of drug-likeness (QED) is 0.835. The monoisotopic (exact) mass is 268 g/mol. The zero-order valence-corrected chi connectivity index (χ0v) is 13.0. The second kappa shape index (κ2) is 6.31. The maximum atomic E-state index is 4.78. The van der Waals surface area contributed by atoms with Crippen LogP contribution in [0, 0.1) is 17.3 Å². The highest BCUT2D eigenvalue weighted by Gasteiger charge is 2.30. The van der Waals surface area contributed by atoms with Gasteiger partial charge in [0.15, 0.2) is 5.17 Å². The van der Waals surface area contributed by atoms with Crippen LogP contribution in [0.15, 0.2) is 4.99 Å². The van der Waals surface area contributed by atoms with Gasteiger partial charge >= 0.3 is 0 Å². The summed E-state index contributed by atoms with van der Waals surface area (Å²) in [5.74, 6) is 3.01. The Morgan fingerprint density at radius 1 is 1.33 bits per heavy atom. The zero-order chi connectivity index (χ0) is 13.0. The van der Waals surface area contributed by atoms with Crippen LogP contribution in [-0.2, 0) is 0 Å². The third-order valence-corrected chi connectivity index (χ3v) is 6.43. The van der Waals surface area contributed by atoms with E-state index in [1.807, 2.05) is 11.8 Å². The maximum absolute atomic E-state index is 4.78. The average Bonchev–Trinajstić information content (AvgIpc) is 2.83. The Labute approximate surface area is 116 Å². The smallest absolute Gasteiger partial charge is 0.156 e. The molecule has 0 radical (unpaired) electrons. The van der Waals surface area contributed by atoms with E-state index < -0.39 is 0 Å². The molecule has 1 saturated carbocycles. The molecule has 3 heteroatoms. The molecule has 2 nitrogen and oxygen atoms in total. The molecule has 2 rings (SSSR count). The van der Waals surface area contributed by atoms with Gasteiger partial charge in [-0.15, -0.1) is 0 Å². The summed E-state index contributed by atoms with van der Waals surface area (Å²) in [6.07, 6.45) is 6.75. The lowest BCUT2D eigenvalue weighted by Crippen LogP contribution is -2.36. The van der Waals surface area contributed by atoms with Crippen LogP contribution in [0.2, 0.25) is 0 Å². The molecule has 0 aromatic heterocycles. The van der Waals surface area contributed by atoms with E-state index in [-0.39, 0.29) is 0 Å². The Morgan fingerprint density at radius 3 is 2.61 bits per heavy atom. The van der Waals surface area contributed by atoms with E-state index in [4.69, 9.17) is 4.99 Å². The normalized spacial score (nSPS) is 31.2. The first kappa shape index (κ1) is 14.2. The molecule has 104 valence electrons. The van der Waals surface area contributed by atoms with Crippen LogP contribution >= 0.6 is 11.8 Å². The second-order valence-electron chi connectivity index (χ2n) is 6.17. The molecule has 1 aliphatic carbocycles. The summed E-state index contributed by atoms with van der Waals surface area (Å²) in [5.41, 5.74) is 0.469. The van der Waals surface area contributed by atoms with Crippen molar-refractivity contribution in [1.82, 2.24) is 5.32 Å². The topological polar surface area (TPSA) is 24.4 Å². The highest BCUT2D eigenvalue weighted by molar-refractivity contribution is 8.13. The molecule has 2 aliphatic rings. The van der Waals surface area contributed by atoms with Crippen molar-refractivity contribution in [3.05, 3.63) is 0 Å². The van der Waals surface area contributed by atoms with E-state index in [9.17, 15) is 0 Å². The van der Waals surface area contributed by atoms with E-state index in [2.05, 4.69) is 26.1 Å². The number of aliphatic imine (C=N–C) groups is 1. The number of hydrogen-bond donors (Lipinski definition) is 1. The zero-order valence-electron chi connectivity index (χ0n) is 12.2. The van der Waals surface area contributed by atoms with Crippen molar-refractivity contribution in [1.29, 1.82) is 0 Å². The number of nitrogens with zero attached hydrogens (tertiary/aromatic N) is 1. The van der Waals surface area contributed by atoms with Crippen molar-refractivity contribution in [2.24, 2.45) is 22.2 Å². The van der Waals surface area contributed by atoms with Crippen molar-refractivity contribution in [3.63, 3.8) is 0 Å². The minimum Gasteiger partial charge on any atom is -0.365 e. The van der Waals surface area contributed by atoms with Crippen molar-refractivity contribution >= 4 is 16.9 Å². The third-order valence-electron chi connectivity index (χ3n) is 5.13. The fourth-order valence-electron chi connectivity index (χ4n) is 3.08. The molecule has 1 N–H and O–H groups in total. The van der Waals surface area contributed by atoms with Gasteiger partial charge in [0.1, 0.15) is 0 Å². The summed E-state index contributed by atoms with van der Waals surface area (Å²) < 4.78 is 0. The molecule has 0 saturated heterocycles. The lowest BCUT2D eigenvalue weighted by Gasteiger charge is -2.33. The molecule has 0 bridgehead atoms. The highest BCUT2D eigenvalue weighted by Crippen LogP contribution is 2.35. The van der Waals surface area contributed by atoms with Gasteiger partial charge in [-0.3, -0.25) is 4.99 Å². The van der Waals surface area contributed by atoms with Gasteiger partial charge in [0, 0.05) is 18.8 Å². The van der Waals surface area contributed by atoms with E-state index in [1.165, 1.54) is 43.0 Å². The van der Waals surface area contributed by atoms with Crippen LogP contribution in [-0.4, -0.2) is 24.0 Å². The molecule has 1 heterocycles. The van der Waals surface area contributed by atoms with Gasteiger partial charge in [0.2, 0.25) is 0 Å². The van der Waals surface area contributed by atoms with Crippen molar-refractivity contribution in [2.75, 3.05) is 18.8 Å². The predicted molar refractivity (Wildman–Crippen MR) is 82.3 cm³/mol. The molecule has 0 amide bonds. The van der Waals surface area contributed by atoms with Crippen LogP contribution in [0.1, 0.15) is 52.9 Å². The molecular weight excluding hydrogens is 240 g/mol. The van der Waals surface area contributed by atoms with Crippen LogP contribution in [0.25, 0.3) is 0 Å². The van der Waals surface area contributed by atoms with E-state index in [0.717, 1.165) is 24.9 Å². The first-order valence-corrected chi connectivity index (χ1v) is 8.59. The van der Waals surface area contributed by atoms with Crippen molar-refractivity contribution < 1.29 is 0 Å². The van der Waals surface area contributed by atoms with Crippen LogP contribution in [0.4, 0.5) is 0 Å². The Morgan fingerprint density at radius 2 is 2.11 bits per heavy atom. The van der Waals surface area contributed by atoms with Crippen LogP contribution in [0.5, 0.6) is 0 Å². The Kier molecular flexibility index (Phi) is 4.99. The van der Waals surface area contributed by atoms with Gasteiger partial charge in [-0.25, -0.2) is 0 Å². The molecular formula is C15H28N2S.